The van der Waals surface area contributed by atoms with Gasteiger partial charge in [0.1, 0.15) is 5.60 Å². The van der Waals surface area contributed by atoms with Gasteiger partial charge in [-0.25, -0.2) is 4.79 Å². The number of piperidine rings is 1. The first-order valence-electron chi connectivity index (χ1n) is 5.18. The molecule has 3 nitrogen and oxygen atoms in total. The summed E-state index contributed by atoms with van der Waals surface area (Å²) in [4.78, 5) is 15.4. The summed E-state index contributed by atoms with van der Waals surface area (Å²) in [7, 11) is 0. The average Bonchev–Trinajstić information content (AvgIpc) is 2.15. The van der Waals surface area contributed by atoms with Crippen LogP contribution in [0.2, 0.25) is 0 Å². The molecule has 15 heavy (non-hydrogen) atoms. The SMILES string of the molecule is CC(C)(C)OC(=O)N1CCC/C(=C\Br)C1. The van der Waals surface area contributed by atoms with Gasteiger partial charge in [-0.05, 0) is 44.2 Å². The predicted molar refractivity (Wildman–Crippen MR) is 64.1 cm³/mol. The van der Waals surface area contributed by atoms with Crippen LogP contribution in [0, 0.1) is 0 Å². The Morgan fingerprint density at radius 2 is 2.20 bits per heavy atom. The van der Waals surface area contributed by atoms with Gasteiger partial charge in [0.25, 0.3) is 0 Å². The summed E-state index contributed by atoms with van der Waals surface area (Å²) in [5.41, 5.74) is 0.833. The van der Waals surface area contributed by atoms with E-state index in [1.54, 1.807) is 4.90 Å². The van der Waals surface area contributed by atoms with Gasteiger partial charge in [-0.1, -0.05) is 15.9 Å². The summed E-state index contributed by atoms with van der Waals surface area (Å²) in [6, 6.07) is 0. The lowest BCUT2D eigenvalue weighted by atomic mass is 10.1. The van der Waals surface area contributed by atoms with Gasteiger partial charge in [0, 0.05) is 13.1 Å². The second-order valence-corrected chi connectivity index (χ2v) is 5.23. The Kier molecular flexibility index (Phi) is 4.20. The topological polar surface area (TPSA) is 29.5 Å². The highest BCUT2D eigenvalue weighted by atomic mass is 79.9. The minimum Gasteiger partial charge on any atom is -0.444 e. The number of rotatable bonds is 0. The van der Waals surface area contributed by atoms with E-state index in [1.807, 2.05) is 25.8 Å². The third-order valence-corrected chi connectivity index (χ3v) is 2.77. The van der Waals surface area contributed by atoms with Crippen molar-refractivity contribution in [2.75, 3.05) is 13.1 Å². The number of likely N-dealkylation sites (tertiary alicyclic amines) is 1. The molecule has 0 spiro atoms. The average molecular weight is 276 g/mol. The van der Waals surface area contributed by atoms with Crippen LogP contribution in [-0.2, 0) is 4.74 Å². The fraction of sp³-hybridized carbons (Fsp3) is 0.727. The molecule has 0 aromatic heterocycles. The third-order valence-electron chi connectivity index (χ3n) is 2.13. The molecule has 0 aromatic carbocycles. The zero-order chi connectivity index (χ0) is 11.5. The molecule has 1 saturated heterocycles. The van der Waals surface area contributed by atoms with Gasteiger partial charge in [-0.15, -0.1) is 0 Å². The van der Waals surface area contributed by atoms with Crippen LogP contribution < -0.4 is 0 Å². The molecule has 0 aromatic rings. The summed E-state index contributed by atoms with van der Waals surface area (Å²) in [6.07, 6.45) is 1.86. The quantitative estimate of drug-likeness (QED) is 0.679. The lowest BCUT2D eigenvalue weighted by Crippen LogP contribution is -2.40. The lowest BCUT2D eigenvalue weighted by Gasteiger charge is -2.31. The molecule has 1 rings (SSSR count). The van der Waals surface area contributed by atoms with Gasteiger partial charge in [-0.2, -0.15) is 0 Å². The van der Waals surface area contributed by atoms with E-state index in [1.165, 1.54) is 5.57 Å². The lowest BCUT2D eigenvalue weighted by molar-refractivity contribution is 0.0247. The van der Waals surface area contributed by atoms with Crippen LogP contribution in [0.15, 0.2) is 10.6 Å². The predicted octanol–water partition coefficient (Wildman–Crippen LogP) is 3.30. The molecule has 0 N–H and O–H groups in total. The first kappa shape index (κ1) is 12.6. The molecule has 1 fully saturated rings. The molecule has 0 radical (unpaired) electrons. The summed E-state index contributed by atoms with van der Waals surface area (Å²) in [6.45, 7) is 7.13. The highest BCUT2D eigenvalue weighted by Gasteiger charge is 2.24. The van der Waals surface area contributed by atoms with Crippen LogP contribution >= 0.6 is 15.9 Å². The molecule has 1 aliphatic heterocycles. The Morgan fingerprint density at radius 1 is 1.53 bits per heavy atom. The van der Waals surface area contributed by atoms with Crippen LogP contribution in [0.1, 0.15) is 33.6 Å². The maximum absolute atomic E-state index is 11.7. The van der Waals surface area contributed by atoms with E-state index in [2.05, 4.69) is 15.9 Å². The van der Waals surface area contributed by atoms with Gasteiger partial charge >= 0.3 is 6.09 Å². The van der Waals surface area contributed by atoms with E-state index in [0.29, 0.717) is 6.54 Å². The normalized spacial score (nSPS) is 20.5. The molecule has 1 aliphatic rings. The molecule has 4 heteroatoms. The van der Waals surface area contributed by atoms with Crippen molar-refractivity contribution in [3.63, 3.8) is 0 Å². The minimum absolute atomic E-state index is 0.214. The highest BCUT2D eigenvalue weighted by molar-refractivity contribution is 9.11. The second-order valence-electron chi connectivity index (χ2n) is 4.77. The molecule has 1 heterocycles. The van der Waals surface area contributed by atoms with E-state index < -0.39 is 5.60 Å². The fourth-order valence-electron chi connectivity index (χ4n) is 1.47. The van der Waals surface area contributed by atoms with Crippen molar-refractivity contribution in [1.29, 1.82) is 0 Å². The van der Waals surface area contributed by atoms with E-state index >= 15 is 0 Å². The van der Waals surface area contributed by atoms with E-state index in [-0.39, 0.29) is 6.09 Å². The molecule has 0 saturated carbocycles. The van der Waals surface area contributed by atoms with E-state index in [0.717, 1.165) is 19.4 Å². The summed E-state index contributed by atoms with van der Waals surface area (Å²) >= 11 is 3.31. The van der Waals surface area contributed by atoms with Crippen molar-refractivity contribution < 1.29 is 9.53 Å². The largest absolute Gasteiger partial charge is 0.444 e. The Balaban J connectivity index is 2.53. The van der Waals surface area contributed by atoms with Crippen molar-refractivity contribution in [2.45, 2.75) is 39.2 Å². The number of carbonyl (C=O) groups excluding carboxylic acids is 1. The second kappa shape index (κ2) is 5.01. The van der Waals surface area contributed by atoms with Crippen LogP contribution in [0.25, 0.3) is 0 Å². The number of halogens is 1. The number of ether oxygens (including phenoxy) is 1. The first-order chi connectivity index (χ1) is 6.92. The molecular formula is C11H18BrNO2. The smallest absolute Gasteiger partial charge is 0.410 e. The zero-order valence-electron chi connectivity index (χ0n) is 9.55. The monoisotopic (exact) mass is 275 g/mol. The Morgan fingerprint density at radius 3 is 2.73 bits per heavy atom. The molecule has 0 atom stereocenters. The Bertz CT molecular complexity index is 268. The van der Waals surface area contributed by atoms with Crippen LogP contribution in [0.4, 0.5) is 4.79 Å². The molecule has 0 unspecified atom stereocenters. The van der Waals surface area contributed by atoms with Crippen LogP contribution in [-0.4, -0.2) is 29.7 Å². The minimum atomic E-state index is -0.410. The third kappa shape index (κ3) is 4.24. The van der Waals surface area contributed by atoms with Crippen molar-refractivity contribution in [3.05, 3.63) is 10.6 Å². The van der Waals surface area contributed by atoms with Crippen molar-refractivity contribution in [1.82, 2.24) is 4.90 Å². The molecular weight excluding hydrogens is 258 g/mol. The van der Waals surface area contributed by atoms with Gasteiger partial charge in [-0.3, -0.25) is 0 Å². The van der Waals surface area contributed by atoms with Gasteiger partial charge < -0.3 is 9.64 Å². The number of amides is 1. The van der Waals surface area contributed by atoms with Crippen molar-refractivity contribution >= 4 is 22.0 Å². The molecule has 1 amide bonds. The highest BCUT2D eigenvalue weighted by Crippen LogP contribution is 2.19. The maximum atomic E-state index is 11.7. The summed E-state index contributed by atoms with van der Waals surface area (Å²) in [5.74, 6) is 0. The van der Waals surface area contributed by atoms with E-state index in [9.17, 15) is 4.79 Å². The molecule has 0 bridgehead atoms. The van der Waals surface area contributed by atoms with Crippen LogP contribution in [0.3, 0.4) is 0 Å². The fourth-order valence-corrected chi connectivity index (χ4v) is 1.85. The van der Waals surface area contributed by atoms with Crippen LogP contribution in [0.5, 0.6) is 0 Å². The summed E-state index contributed by atoms with van der Waals surface area (Å²) < 4.78 is 5.31. The molecule has 0 aliphatic carbocycles. The molecule has 86 valence electrons. The summed E-state index contributed by atoms with van der Waals surface area (Å²) in [5, 5.41) is 0. The van der Waals surface area contributed by atoms with E-state index in [4.69, 9.17) is 4.74 Å². The number of nitrogens with zero attached hydrogens (tertiary/aromatic N) is 1. The number of hydrogen-bond acceptors (Lipinski definition) is 2. The number of carbonyl (C=O) groups is 1. The zero-order valence-corrected chi connectivity index (χ0v) is 11.1. The standard InChI is InChI=1S/C11H18BrNO2/c1-11(2,3)15-10(14)13-6-4-5-9(7-12)8-13/h7H,4-6,8H2,1-3H3/b9-7+. The Hall–Kier alpha value is -0.510. The van der Waals surface area contributed by atoms with Crippen molar-refractivity contribution in [3.8, 4) is 0 Å². The maximum Gasteiger partial charge on any atom is 0.410 e. The Labute approximate surface area is 99.6 Å². The first-order valence-corrected chi connectivity index (χ1v) is 6.10. The van der Waals surface area contributed by atoms with Gasteiger partial charge in [0.2, 0.25) is 0 Å². The van der Waals surface area contributed by atoms with Crippen molar-refractivity contribution in [2.24, 2.45) is 0 Å². The van der Waals surface area contributed by atoms with Gasteiger partial charge in [0.15, 0.2) is 0 Å². The number of hydrogen-bond donors (Lipinski definition) is 0. The van der Waals surface area contributed by atoms with Gasteiger partial charge in [0.05, 0.1) is 0 Å².